The maximum absolute atomic E-state index is 13.8. The summed E-state index contributed by atoms with van der Waals surface area (Å²) < 4.78 is 16.4. The highest BCUT2D eigenvalue weighted by Gasteiger charge is 2.10. The van der Waals surface area contributed by atoms with Gasteiger partial charge in [0.15, 0.2) is 0 Å². The van der Waals surface area contributed by atoms with Gasteiger partial charge in [-0.2, -0.15) is 14.9 Å². The third kappa shape index (κ3) is 2.87. The molecular formula is C18H14FN5O. The summed E-state index contributed by atoms with van der Waals surface area (Å²) in [5.41, 5.74) is 2.71. The fraction of sp³-hybridized carbons (Fsp3) is 0.0556. The lowest BCUT2D eigenvalue weighted by molar-refractivity contribution is 0.595. The predicted molar refractivity (Wildman–Crippen MR) is 90.9 cm³/mol. The van der Waals surface area contributed by atoms with E-state index in [1.54, 1.807) is 30.6 Å². The fourth-order valence-corrected chi connectivity index (χ4v) is 2.63. The van der Waals surface area contributed by atoms with E-state index in [-0.39, 0.29) is 18.1 Å². The molecule has 0 saturated heterocycles. The van der Waals surface area contributed by atoms with Crippen LogP contribution < -0.4 is 5.69 Å². The minimum Gasteiger partial charge on any atom is -0.285 e. The summed E-state index contributed by atoms with van der Waals surface area (Å²) in [6.07, 6.45) is 4.94. The third-order valence-corrected chi connectivity index (χ3v) is 3.98. The molecule has 1 N–H and O–H groups in total. The molecule has 0 aliphatic rings. The highest BCUT2D eigenvalue weighted by molar-refractivity contribution is 5.62. The number of H-pyrrole nitrogens is 1. The van der Waals surface area contributed by atoms with Crippen molar-refractivity contribution in [2.45, 2.75) is 6.54 Å². The van der Waals surface area contributed by atoms with Gasteiger partial charge in [-0.05, 0) is 23.8 Å². The average molecular weight is 335 g/mol. The number of hydrogen-bond acceptors (Lipinski definition) is 3. The molecule has 2 aromatic heterocycles. The van der Waals surface area contributed by atoms with Gasteiger partial charge in [0.25, 0.3) is 0 Å². The molecule has 0 bridgehead atoms. The number of halogens is 1. The van der Waals surface area contributed by atoms with E-state index in [0.717, 1.165) is 11.1 Å². The van der Waals surface area contributed by atoms with E-state index in [1.807, 2.05) is 24.3 Å². The number of nitrogens with one attached hydrogen (secondary N) is 1. The second-order valence-corrected chi connectivity index (χ2v) is 5.58. The Hall–Kier alpha value is -3.48. The summed E-state index contributed by atoms with van der Waals surface area (Å²) in [6.45, 7) is 0.138. The van der Waals surface area contributed by atoms with Gasteiger partial charge in [-0.1, -0.05) is 30.3 Å². The number of hydrogen-bond donors (Lipinski definition) is 1. The molecule has 0 atom stereocenters. The van der Waals surface area contributed by atoms with Crippen LogP contribution in [0.3, 0.4) is 0 Å². The van der Waals surface area contributed by atoms with Gasteiger partial charge in [0.2, 0.25) is 0 Å². The summed E-state index contributed by atoms with van der Waals surface area (Å²) in [5.74, 6) is -0.341. The van der Waals surface area contributed by atoms with Crippen LogP contribution in [0.4, 0.5) is 4.39 Å². The van der Waals surface area contributed by atoms with Crippen molar-refractivity contribution in [2.24, 2.45) is 0 Å². The van der Waals surface area contributed by atoms with Crippen LogP contribution in [0.1, 0.15) is 5.56 Å². The summed E-state index contributed by atoms with van der Waals surface area (Å²) in [5, 5.41) is 10.8. The molecule has 0 saturated carbocycles. The third-order valence-electron chi connectivity index (χ3n) is 3.98. The number of rotatable bonds is 4. The Bertz CT molecular complexity index is 1050. The van der Waals surface area contributed by atoms with Crippen molar-refractivity contribution >= 4 is 0 Å². The topological polar surface area (TPSA) is 68.5 Å². The molecule has 7 heteroatoms. The van der Waals surface area contributed by atoms with E-state index in [9.17, 15) is 9.18 Å². The predicted octanol–water partition coefficient (Wildman–Crippen LogP) is 2.61. The minimum atomic E-state index is -0.341. The minimum absolute atomic E-state index is 0.138. The molecule has 2 aromatic carbocycles. The highest BCUT2D eigenvalue weighted by atomic mass is 19.1. The SMILES string of the molecule is O=c1n(Cc2ccccc2F)cnn1-c1ccc(-c2cn[nH]c2)cc1. The van der Waals surface area contributed by atoms with E-state index in [1.165, 1.54) is 21.6 Å². The van der Waals surface area contributed by atoms with Crippen LogP contribution in [0.2, 0.25) is 0 Å². The quantitative estimate of drug-likeness (QED) is 0.623. The number of aromatic nitrogens is 5. The summed E-state index contributed by atoms with van der Waals surface area (Å²) in [6, 6.07) is 13.8. The lowest BCUT2D eigenvalue weighted by Crippen LogP contribution is -2.24. The molecule has 25 heavy (non-hydrogen) atoms. The Kier molecular flexibility index (Phi) is 3.74. The van der Waals surface area contributed by atoms with E-state index >= 15 is 0 Å². The number of benzene rings is 2. The van der Waals surface area contributed by atoms with Crippen molar-refractivity contribution < 1.29 is 4.39 Å². The van der Waals surface area contributed by atoms with Crippen LogP contribution in [-0.2, 0) is 6.54 Å². The molecule has 0 radical (unpaired) electrons. The van der Waals surface area contributed by atoms with E-state index in [0.29, 0.717) is 11.3 Å². The Balaban J connectivity index is 1.63. The first-order valence-corrected chi connectivity index (χ1v) is 7.70. The Morgan fingerprint density at radius 3 is 2.56 bits per heavy atom. The van der Waals surface area contributed by atoms with Crippen molar-refractivity contribution in [3.63, 3.8) is 0 Å². The normalized spacial score (nSPS) is 10.9. The van der Waals surface area contributed by atoms with Crippen molar-refractivity contribution in [3.05, 3.63) is 89.1 Å². The van der Waals surface area contributed by atoms with Crippen LogP contribution in [0.15, 0.2) is 72.0 Å². The van der Waals surface area contributed by atoms with Crippen molar-refractivity contribution in [1.82, 2.24) is 24.5 Å². The first-order valence-electron chi connectivity index (χ1n) is 7.70. The summed E-state index contributed by atoms with van der Waals surface area (Å²) in [7, 11) is 0. The molecular weight excluding hydrogens is 321 g/mol. The summed E-state index contributed by atoms with van der Waals surface area (Å²) >= 11 is 0. The fourth-order valence-electron chi connectivity index (χ4n) is 2.63. The zero-order valence-electron chi connectivity index (χ0n) is 13.1. The number of nitrogens with zero attached hydrogens (tertiary/aromatic N) is 4. The van der Waals surface area contributed by atoms with Gasteiger partial charge < -0.3 is 0 Å². The van der Waals surface area contributed by atoms with Crippen LogP contribution >= 0.6 is 0 Å². The first-order chi connectivity index (χ1) is 12.2. The van der Waals surface area contributed by atoms with Gasteiger partial charge in [0.1, 0.15) is 12.1 Å². The molecule has 0 aliphatic heterocycles. The molecule has 0 fully saturated rings. The van der Waals surface area contributed by atoms with Crippen LogP contribution in [0.25, 0.3) is 16.8 Å². The van der Waals surface area contributed by atoms with E-state index in [4.69, 9.17) is 0 Å². The second-order valence-electron chi connectivity index (χ2n) is 5.58. The lowest BCUT2D eigenvalue weighted by atomic mass is 10.1. The van der Waals surface area contributed by atoms with E-state index in [2.05, 4.69) is 15.3 Å². The molecule has 6 nitrogen and oxygen atoms in total. The Morgan fingerprint density at radius 1 is 1.04 bits per heavy atom. The van der Waals surface area contributed by atoms with Gasteiger partial charge in [-0.25, -0.2) is 9.18 Å². The largest absolute Gasteiger partial charge is 0.350 e. The van der Waals surface area contributed by atoms with Crippen molar-refractivity contribution in [2.75, 3.05) is 0 Å². The Morgan fingerprint density at radius 2 is 1.84 bits per heavy atom. The molecule has 0 aliphatic carbocycles. The molecule has 124 valence electrons. The maximum Gasteiger partial charge on any atom is 0.350 e. The lowest BCUT2D eigenvalue weighted by Gasteiger charge is -2.03. The molecule has 0 unspecified atom stereocenters. The van der Waals surface area contributed by atoms with Crippen LogP contribution in [0, 0.1) is 5.82 Å². The molecule has 0 spiro atoms. The summed E-state index contributed by atoms with van der Waals surface area (Å²) in [4.78, 5) is 12.5. The van der Waals surface area contributed by atoms with E-state index < -0.39 is 0 Å². The van der Waals surface area contributed by atoms with Crippen LogP contribution in [0.5, 0.6) is 0 Å². The zero-order chi connectivity index (χ0) is 17.2. The highest BCUT2D eigenvalue weighted by Crippen LogP contribution is 2.18. The number of aromatic amines is 1. The van der Waals surface area contributed by atoms with Crippen molar-refractivity contribution in [1.29, 1.82) is 0 Å². The van der Waals surface area contributed by atoms with Crippen LogP contribution in [-0.4, -0.2) is 24.5 Å². The second kappa shape index (κ2) is 6.20. The molecule has 4 aromatic rings. The Labute approximate surface area is 142 Å². The molecule has 0 amide bonds. The standard InChI is InChI=1S/C18H14FN5O/c19-17-4-2-1-3-14(17)11-23-12-22-24(18(23)25)16-7-5-13(6-8-16)15-9-20-21-10-15/h1-10,12H,11H2,(H,20,21). The van der Waals surface area contributed by atoms with Gasteiger partial charge in [-0.15, -0.1) is 0 Å². The monoisotopic (exact) mass is 335 g/mol. The van der Waals surface area contributed by atoms with Gasteiger partial charge in [0, 0.05) is 17.3 Å². The zero-order valence-corrected chi connectivity index (χ0v) is 13.1. The van der Waals surface area contributed by atoms with Crippen molar-refractivity contribution in [3.8, 4) is 16.8 Å². The molecule has 2 heterocycles. The first kappa shape index (κ1) is 15.1. The maximum atomic E-state index is 13.8. The van der Waals surface area contributed by atoms with Gasteiger partial charge in [0.05, 0.1) is 18.4 Å². The van der Waals surface area contributed by atoms with Gasteiger partial charge in [-0.3, -0.25) is 9.67 Å². The van der Waals surface area contributed by atoms with Gasteiger partial charge >= 0.3 is 5.69 Å². The molecule has 4 rings (SSSR count). The smallest absolute Gasteiger partial charge is 0.285 e. The average Bonchev–Trinajstić information content (AvgIpc) is 3.28.